The summed E-state index contributed by atoms with van der Waals surface area (Å²) < 4.78 is 18.8. The Morgan fingerprint density at radius 1 is 1.17 bits per heavy atom. The van der Waals surface area contributed by atoms with Crippen molar-refractivity contribution in [2.45, 2.75) is 25.1 Å². The van der Waals surface area contributed by atoms with Gasteiger partial charge in [-0.15, -0.1) is 0 Å². The topological polar surface area (TPSA) is 86.0 Å². The lowest BCUT2D eigenvalue weighted by Crippen LogP contribution is -2.35. The average molecular weight is 407 g/mol. The minimum atomic E-state index is -0.836. The smallest absolute Gasteiger partial charge is 0.321 e. The molecule has 1 fully saturated rings. The normalized spacial score (nSPS) is 20.4. The molecule has 0 aliphatic carbocycles. The van der Waals surface area contributed by atoms with Gasteiger partial charge in [0.2, 0.25) is 6.79 Å². The zero-order valence-corrected chi connectivity index (χ0v) is 16.2. The van der Waals surface area contributed by atoms with Gasteiger partial charge in [-0.2, -0.15) is 0 Å². The number of nitrogens with zero attached hydrogens (tertiary/aromatic N) is 3. The van der Waals surface area contributed by atoms with Crippen molar-refractivity contribution in [3.8, 4) is 22.9 Å². The summed E-state index contributed by atoms with van der Waals surface area (Å²) >= 11 is 0. The zero-order valence-electron chi connectivity index (χ0n) is 16.2. The van der Waals surface area contributed by atoms with Crippen LogP contribution in [-0.4, -0.2) is 51.0 Å². The van der Waals surface area contributed by atoms with Crippen LogP contribution in [0.5, 0.6) is 17.2 Å². The van der Waals surface area contributed by atoms with Crippen molar-refractivity contribution in [3.05, 3.63) is 66.7 Å². The number of hydrogen-bond acceptors (Lipinski definition) is 6. The van der Waals surface area contributed by atoms with Crippen LogP contribution in [0.15, 0.2) is 61.2 Å². The number of aliphatic carboxylic acids is 1. The quantitative estimate of drug-likeness (QED) is 0.672. The van der Waals surface area contributed by atoms with E-state index in [1.165, 1.54) is 0 Å². The summed E-state index contributed by atoms with van der Waals surface area (Å²) in [4.78, 5) is 17.8. The van der Waals surface area contributed by atoms with Gasteiger partial charge in [-0.1, -0.05) is 6.07 Å². The predicted molar refractivity (Wildman–Crippen MR) is 107 cm³/mol. The van der Waals surface area contributed by atoms with E-state index in [4.69, 9.17) is 14.2 Å². The fourth-order valence-electron chi connectivity index (χ4n) is 3.95. The molecule has 1 N–H and O–H groups in total. The Morgan fingerprint density at radius 3 is 2.77 bits per heavy atom. The minimum absolute atomic E-state index is 0.195. The molecule has 0 bridgehead atoms. The molecule has 8 nitrogen and oxygen atoms in total. The van der Waals surface area contributed by atoms with Gasteiger partial charge >= 0.3 is 5.97 Å². The minimum Gasteiger partial charge on any atom is -0.489 e. The number of benzene rings is 2. The van der Waals surface area contributed by atoms with Crippen LogP contribution in [0.3, 0.4) is 0 Å². The molecule has 2 aliphatic heterocycles. The number of ether oxygens (including phenoxy) is 3. The van der Waals surface area contributed by atoms with Crippen molar-refractivity contribution in [1.82, 2.24) is 14.5 Å². The van der Waals surface area contributed by atoms with Crippen molar-refractivity contribution in [3.63, 3.8) is 0 Å². The largest absolute Gasteiger partial charge is 0.489 e. The van der Waals surface area contributed by atoms with Gasteiger partial charge in [0.05, 0.1) is 6.33 Å². The van der Waals surface area contributed by atoms with Crippen LogP contribution in [0, 0.1) is 0 Å². The first-order valence-electron chi connectivity index (χ1n) is 9.76. The maximum absolute atomic E-state index is 11.8. The first kappa shape index (κ1) is 18.5. The molecule has 3 aromatic rings. The van der Waals surface area contributed by atoms with Crippen LogP contribution in [0.2, 0.25) is 0 Å². The van der Waals surface area contributed by atoms with Gasteiger partial charge in [0.1, 0.15) is 17.9 Å². The fourth-order valence-corrected chi connectivity index (χ4v) is 3.95. The Labute approximate surface area is 173 Å². The van der Waals surface area contributed by atoms with Gasteiger partial charge in [0, 0.05) is 37.6 Å². The van der Waals surface area contributed by atoms with Crippen molar-refractivity contribution < 1.29 is 24.1 Å². The van der Waals surface area contributed by atoms with Gasteiger partial charge < -0.3 is 23.9 Å². The van der Waals surface area contributed by atoms with E-state index in [0.29, 0.717) is 25.3 Å². The summed E-state index contributed by atoms with van der Waals surface area (Å²) in [5.41, 5.74) is 1.97. The van der Waals surface area contributed by atoms with Gasteiger partial charge in [-0.05, 0) is 42.0 Å². The first-order chi connectivity index (χ1) is 14.7. The van der Waals surface area contributed by atoms with Crippen molar-refractivity contribution in [2.24, 2.45) is 0 Å². The second kappa shape index (κ2) is 7.72. The molecule has 1 aromatic heterocycles. The molecule has 3 heterocycles. The van der Waals surface area contributed by atoms with Crippen molar-refractivity contribution >= 4 is 5.97 Å². The summed E-state index contributed by atoms with van der Waals surface area (Å²) in [6.45, 7) is 1.26. The van der Waals surface area contributed by atoms with E-state index < -0.39 is 12.0 Å². The molecule has 1 saturated heterocycles. The molecule has 0 radical (unpaired) electrons. The predicted octanol–water partition coefficient (Wildman–Crippen LogP) is 2.71. The molecule has 0 amide bonds. The summed E-state index contributed by atoms with van der Waals surface area (Å²) in [6, 6.07) is 12.8. The molecule has 2 atom stereocenters. The van der Waals surface area contributed by atoms with E-state index in [2.05, 4.69) is 4.98 Å². The molecule has 2 aliphatic rings. The highest BCUT2D eigenvalue weighted by atomic mass is 16.7. The summed E-state index contributed by atoms with van der Waals surface area (Å²) in [6.07, 6.45) is 5.57. The van der Waals surface area contributed by atoms with E-state index in [9.17, 15) is 9.90 Å². The number of likely N-dealkylation sites (tertiary alicyclic amines) is 1. The Morgan fingerprint density at radius 2 is 2.00 bits per heavy atom. The zero-order chi connectivity index (χ0) is 20.5. The first-order valence-corrected chi connectivity index (χ1v) is 9.76. The van der Waals surface area contributed by atoms with Gasteiger partial charge in [-0.25, -0.2) is 4.98 Å². The second-order valence-electron chi connectivity index (χ2n) is 7.41. The molecule has 2 unspecified atom stereocenters. The Kier molecular flexibility index (Phi) is 4.76. The number of carboxylic acid groups (broad SMARTS) is 1. The fraction of sp³-hybridized carbons (Fsp3) is 0.273. The van der Waals surface area contributed by atoms with E-state index in [-0.39, 0.29) is 12.9 Å². The number of carboxylic acids is 1. The van der Waals surface area contributed by atoms with Crippen molar-refractivity contribution in [2.75, 3.05) is 13.3 Å². The molecule has 0 saturated carbocycles. The second-order valence-corrected chi connectivity index (χ2v) is 7.41. The maximum atomic E-state index is 11.8. The summed E-state index contributed by atoms with van der Waals surface area (Å²) in [5, 5.41) is 9.69. The van der Waals surface area contributed by atoms with Crippen LogP contribution in [0.25, 0.3) is 5.69 Å². The number of aromatic nitrogens is 2. The standard InChI is InChI=1S/C22H21N3O5/c26-22(27)19-10-18(30-17-4-2-16(3-5-17)24-8-7-23-13-24)12-25(19)11-15-1-6-20-21(9-15)29-14-28-20/h1-9,13,18-19H,10-12,14H2,(H,26,27). The van der Waals surface area contributed by atoms with E-state index in [0.717, 1.165) is 22.7 Å². The Hall–Kier alpha value is -3.52. The maximum Gasteiger partial charge on any atom is 0.321 e. The Bertz CT molecular complexity index is 1040. The lowest BCUT2D eigenvalue weighted by Gasteiger charge is -2.21. The lowest BCUT2D eigenvalue weighted by atomic mass is 10.1. The molecule has 8 heteroatoms. The summed E-state index contributed by atoms with van der Waals surface area (Å²) in [5.74, 6) is 1.30. The average Bonchev–Trinajstić information content (AvgIpc) is 3.49. The Balaban J connectivity index is 1.26. The van der Waals surface area contributed by atoms with Crippen molar-refractivity contribution in [1.29, 1.82) is 0 Å². The molecular formula is C22H21N3O5. The molecule has 154 valence electrons. The third-order valence-electron chi connectivity index (χ3n) is 5.41. The van der Waals surface area contributed by atoms with Crippen LogP contribution in [0.1, 0.15) is 12.0 Å². The molecule has 0 spiro atoms. The van der Waals surface area contributed by atoms with Gasteiger partial charge in [0.15, 0.2) is 11.5 Å². The highest BCUT2D eigenvalue weighted by Gasteiger charge is 2.38. The number of imidazole rings is 1. The molecule has 2 aromatic carbocycles. The monoisotopic (exact) mass is 407 g/mol. The van der Waals surface area contributed by atoms with Crippen LogP contribution < -0.4 is 14.2 Å². The number of fused-ring (bicyclic) bond motifs is 1. The number of carbonyl (C=O) groups is 1. The number of hydrogen-bond donors (Lipinski definition) is 1. The van der Waals surface area contributed by atoms with Gasteiger partial charge in [0.25, 0.3) is 0 Å². The highest BCUT2D eigenvalue weighted by Crippen LogP contribution is 2.34. The van der Waals surface area contributed by atoms with E-state index in [1.807, 2.05) is 58.1 Å². The summed E-state index contributed by atoms with van der Waals surface area (Å²) in [7, 11) is 0. The molecule has 5 rings (SSSR count). The van der Waals surface area contributed by atoms with E-state index >= 15 is 0 Å². The van der Waals surface area contributed by atoms with Crippen LogP contribution >= 0.6 is 0 Å². The molecule has 30 heavy (non-hydrogen) atoms. The lowest BCUT2D eigenvalue weighted by molar-refractivity contribution is -0.142. The van der Waals surface area contributed by atoms with Crippen LogP contribution in [0.4, 0.5) is 0 Å². The third-order valence-corrected chi connectivity index (χ3v) is 5.41. The van der Waals surface area contributed by atoms with Gasteiger partial charge in [-0.3, -0.25) is 9.69 Å². The van der Waals surface area contributed by atoms with E-state index in [1.54, 1.807) is 12.5 Å². The third kappa shape index (κ3) is 3.69. The van der Waals surface area contributed by atoms with Crippen LogP contribution in [-0.2, 0) is 11.3 Å². The molecular weight excluding hydrogens is 386 g/mol. The SMILES string of the molecule is O=C(O)C1CC(Oc2ccc(-n3ccnc3)cc2)CN1Cc1ccc2c(c1)OCO2. The number of rotatable bonds is 6. The highest BCUT2D eigenvalue weighted by molar-refractivity contribution is 5.74.